The molecule has 2 nitrogen and oxygen atoms in total. The Balaban J connectivity index is 2.74. The van der Waals surface area contributed by atoms with Crippen LogP contribution in [0.25, 0.3) is 10.9 Å². The number of hydrogen-bond acceptors (Lipinski definition) is 2. The lowest BCUT2D eigenvalue weighted by molar-refractivity contribution is 0.413. The van der Waals surface area contributed by atoms with E-state index in [9.17, 15) is 4.39 Å². The summed E-state index contributed by atoms with van der Waals surface area (Å²) in [4.78, 5) is 4.05. The zero-order valence-corrected chi connectivity index (χ0v) is 7.12. The zero-order chi connectivity index (χ0) is 9.26. The number of benzene rings is 1. The lowest BCUT2D eigenvalue weighted by atomic mass is 10.2. The van der Waals surface area contributed by atoms with E-state index in [1.807, 2.05) is 0 Å². The first kappa shape index (κ1) is 7.98. The summed E-state index contributed by atoms with van der Waals surface area (Å²) in [6.45, 7) is 0. The Kier molecular flexibility index (Phi) is 1.85. The van der Waals surface area contributed by atoms with Crippen molar-refractivity contribution in [1.82, 2.24) is 4.98 Å². The molecule has 0 amide bonds. The van der Waals surface area contributed by atoms with E-state index in [-0.39, 0.29) is 5.82 Å². The highest BCUT2D eigenvalue weighted by molar-refractivity contribution is 5.80. The van der Waals surface area contributed by atoms with Gasteiger partial charge in [-0.3, -0.25) is 4.98 Å². The van der Waals surface area contributed by atoms with Crippen molar-refractivity contribution >= 4 is 10.9 Å². The third-order valence-corrected chi connectivity index (χ3v) is 1.88. The van der Waals surface area contributed by atoms with Crippen molar-refractivity contribution in [3.05, 3.63) is 36.3 Å². The van der Waals surface area contributed by atoms with E-state index in [0.717, 1.165) is 0 Å². The second-order valence-electron chi connectivity index (χ2n) is 2.68. The number of hydrogen-bond donors (Lipinski definition) is 0. The van der Waals surface area contributed by atoms with Crippen LogP contribution in [0.1, 0.15) is 0 Å². The van der Waals surface area contributed by atoms with Gasteiger partial charge in [0.15, 0.2) is 0 Å². The first-order chi connectivity index (χ1) is 6.31. The second kappa shape index (κ2) is 3.01. The molecule has 0 saturated carbocycles. The normalized spacial score (nSPS) is 10.3. The van der Waals surface area contributed by atoms with Gasteiger partial charge in [0, 0.05) is 5.39 Å². The molecule has 0 unspecified atom stereocenters. The van der Waals surface area contributed by atoms with E-state index in [4.69, 9.17) is 4.74 Å². The minimum Gasteiger partial charge on any atom is -0.495 e. The summed E-state index contributed by atoms with van der Waals surface area (Å²) < 4.78 is 18.2. The van der Waals surface area contributed by atoms with Gasteiger partial charge in [-0.15, -0.1) is 0 Å². The average molecular weight is 177 g/mol. The summed E-state index contributed by atoms with van der Waals surface area (Å²) in [6.07, 6.45) is 1.57. The number of fused-ring (bicyclic) bond motifs is 1. The fourth-order valence-electron chi connectivity index (χ4n) is 1.21. The number of rotatable bonds is 1. The summed E-state index contributed by atoms with van der Waals surface area (Å²) in [5.74, 6) is 0.293. The van der Waals surface area contributed by atoms with Crippen molar-refractivity contribution < 1.29 is 9.13 Å². The van der Waals surface area contributed by atoms with Crippen LogP contribution in [0.4, 0.5) is 4.39 Å². The molecule has 2 rings (SSSR count). The quantitative estimate of drug-likeness (QED) is 0.667. The van der Waals surface area contributed by atoms with E-state index in [1.165, 1.54) is 13.2 Å². The largest absolute Gasteiger partial charge is 0.495 e. The molecule has 0 aliphatic rings. The van der Waals surface area contributed by atoms with Gasteiger partial charge in [0.1, 0.15) is 11.6 Å². The van der Waals surface area contributed by atoms with Crippen LogP contribution in [0.2, 0.25) is 0 Å². The maximum absolute atomic E-state index is 13.2. The molecular weight excluding hydrogens is 169 g/mol. The average Bonchev–Trinajstić information content (AvgIpc) is 2.18. The van der Waals surface area contributed by atoms with Crippen LogP contribution in [0.3, 0.4) is 0 Å². The summed E-state index contributed by atoms with van der Waals surface area (Å²) in [5.41, 5.74) is 0.640. The van der Waals surface area contributed by atoms with Crippen molar-refractivity contribution in [2.75, 3.05) is 7.11 Å². The maximum Gasteiger partial charge on any atom is 0.137 e. The molecule has 0 aliphatic carbocycles. The number of pyridine rings is 1. The fourth-order valence-corrected chi connectivity index (χ4v) is 1.21. The van der Waals surface area contributed by atoms with E-state index in [1.54, 1.807) is 24.4 Å². The first-order valence-corrected chi connectivity index (χ1v) is 3.89. The molecule has 1 aromatic heterocycles. The molecule has 0 aliphatic heterocycles. The minimum absolute atomic E-state index is 0.274. The van der Waals surface area contributed by atoms with Crippen molar-refractivity contribution in [2.45, 2.75) is 0 Å². The molecule has 0 atom stereocenters. The predicted octanol–water partition coefficient (Wildman–Crippen LogP) is 2.38. The number of halogens is 1. The number of ether oxygens (including phenoxy) is 1. The lowest BCUT2D eigenvalue weighted by Crippen LogP contribution is -1.87. The Morgan fingerprint density at radius 2 is 2.23 bits per heavy atom. The Hall–Kier alpha value is -1.64. The third-order valence-electron chi connectivity index (χ3n) is 1.88. The van der Waals surface area contributed by atoms with Gasteiger partial charge in [-0.05, 0) is 18.2 Å². The smallest absolute Gasteiger partial charge is 0.137 e. The number of methoxy groups -OCH3 is 1. The lowest BCUT2D eigenvalue weighted by Gasteiger charge is -2.01. The molecule has 1 aromatic carbocycles. The topological polar surface area (TPSA) is 22.1 Å². The van der Waals surface area contributed by atoms with Crippen LogP contribution in [0.15, 0.2) is 30.5 Å². The van der Waals surface area contributed by atoms with Gasteiger partial charge in [0.05, 0.1) is 18.8 Å². The fraction of sp³-hybridized carbons (Fsp3) is 0.100. The van der Waals surface area contributed by atoms with E-state index < -0.39 is 0 Å². The van der Waals surface area contributed by atoms with E-state index in [0.29, 0.717) is 16.7 Å². The molecule has 0 spiro atoms. The molecule has 0 bridgehead atoms. The van der Waals surface area contributed by atoms with Gasteiger partial charge in [-0.2, -0.15) is 0 Å². The summed E-state index contributed by atoms with van der Waals surface area (Å²) in [5, 5.41) is 0.488. The molecule has 0 fully saturated rings. The van der Waals surface area contributed by atoms with Gasteiger partial charge in [0.25, 0.3) is 0 Å². The van der Waals surface area contributed by atoms with Crippen LogP contribution >= 0.6 is 0 Å². The van der Waals surface area contributed by atoms with Crippen molar-refractivity contribution in [3.63, 3.8) is 0 Å². The maximum atomic E-state index is 13.2. The molecule has 0 saturated heterocycles. The SMILES string of the molecule is COc1cnc2cccc(F)c2c1. The van der Waals surface area contributed by atoms with Crippen LogP contribution in [-0.2, 0) is 0 Å². The van der Waals surface area contributed by atoms with Crippen molar-refractivity contribution in [2.24, 2.45) is 0 Å². The van der Waals surface area contributed by atoms with E-state index in [2.05, 4.69) is 4.98 Å². The number of nitrogens with zero attached hydrogens (tertiary/aromatic N) is 1. The third kappa shape index (κ3) is 1.33. The first-order valence-electron chi connectivity index (χ1n) is 3.89. The molecular formula is C10H8FNO. The van der Waals surface area contributed by atoms with Crippen LogP contribution in [0.5, 0.6) is 5.75 Å². The Bertz CT molecular complexity index is 442. The molecule has 66 valence electrons. The van der Waals surface area contributed by atoms with Crippen LogP contribution < -0.4 is 4.74 Å². The minimum atomic E-state index is -0.274. The number of aromatic nitrogens is 1. The molecule has 13 heavy (non-hydrogen) atoms. The monoisotopic (exact) mass is 177 g/mol. The molecule has 1 heterocycles. The van der Waals surface area contributed by atoms with Gasteiger partial charge in [-0.25, -0.2) is 4.39 Å². The molecule has 2 aromatic rings. The Morgan fingerprint density at radius 3 is 3.00 bits per heavy atom. The van der Waals surface area contributed by atoms with Gasteiger partial charge in [0.2, 0.25) is 0 Å². The Labute approximate surface area is 75.0 Å². The summed E-state index contributed by atoms with van der Waals surface area (Å²) in [6, 6.07) is 6.44. The summed E-state index contributed by atoms with van der Waals surface area (Å²) >= 11 is 0. The van der Waals surface area contributed by atoms with Gasteiger partial charge in [-0.1, -0.05) is 6.07 Å². The van der Waals surface area contributed by atoms with Crippen LogP contribution in [-0.4, -0.2) is 12.1 Å². The Morgan fingerprint density at radius 1 is 1.38 bits per heavy atom. The van der Waals surface area contributed by atoms with Crippen molar-refractivity contribution in [3.8, 4) is 5.75 Å². The summed E-state index contributed by atoms with van der Waals surface area (Å²) in [7, 11) is 1.53. The molecule has 3 heteroatoms. The van der Waals surface area contributed by atoms with E-state index >= 15 is 0 Å². The highest BCUT2D eigenvalue weighted by Crippen LogP contribution is 2.20. The van der Waals surface area contributed by atoms with Crippen molar-refractivity contribution in [1.29, 1.82) is 0 Å². The predicted molar refractivity (Wildman–Crippen MR) is 48.3 cm³/mol. The van der Waals surface area contributed by atoms with Crippen LogP contribution in [0, 0.1) is 5.82 Å². The highest BCUT2D eigenvalue weighted by atomic mass is 19.1. The molecule has 0 radical (unpaired) electrons. The molecule has 0 N–H and O–H groups in total. The highest BCUT2D eigenvalue weighted by Gasteiger charge is 2.01. The van der Waals surface area contributed by atoms with Gasteiger partial charge >= 0.3 is 0 Å². The zero-order valence-electron chi connectivity index (χ0n) is 7.12. The van der Waals surface area contributed by atoms with Gasteiger partial charge < -0.3 is 4.74 Å². The standard InChI is InChI=1S/C10H8FNO/c1-13-7-5-8-9(11)3-2-4-10(8)12-6-7/h2-6H,1H3. The second-order valence-corrected chi connectivity index (χ2v) is 2.68.